The molecule has 0 spiro atoms. The molecular formula is C28H33FN4. The zero-order chi connectivity index (χ0) is 23.6. The van der Waals surface area contributed by atoms with Gasteiger partial charge in [-0.15, -0.1) is 0 Å². The summed E-state index contributed by atoms with van der Waals surface area (Å²) in [4.78, 5) is 4.90. The first kappa shape index (κ1) is 24.1. The Hall–Kier alpha value is -3.60. The second-order valence-electron chi connectivity index (χ2n) is 7.99. The number of hydrogen-bond acceptors (Lipinski definition) is 3. The topological polar surface area (TPSA) is 62.4 Å². The van der Waals surface area contributed by atoms with Crippen molar-refractivity contribution in [1.29, 1.82) is 0 Å². The van der Waals surface area contributed by atoms with E-state index in [1.54, 1.807) is 6.07 Å². The first-order valence-corrected chi connectivity index (χ1v) is 11.5. The smallest absolute Gasteiger partial charge is 0.135 e. The summed E-state index contributed by atoms with van der Waals surface area (Å²) >= 11 is 0. The van der Waals surface area contributed by atoms with Crippen molar-refractivity contribution in [2.45, 2.75) is 39.7 Å². The number of hydrogen-bond donors (Lipinski definition) is 3. The maximum atomic E-state index is 14.1. The van der Waals surface area contributed by atoms with Gasteiger partial charge in [-0.1, -0.05) is 63.2 Å². The Labute approximate surface area is 196 Å². The molecule has 0 atom stereocenters. The Kier molecular flexibility index (Phi) is 8.64. The minimum absolute atomic E-state index is 0.318. The van der Waals surface area contributed by atoms with E-state index in [1.807, 2.05) is 30.3 Å². The molecule has 0 aliphatic rings. The van der Waals surface area contributed by atoms with E-state index in [2.05, 4.69) is 49.3 Å². The van der Waals surface area contributed by atoms with Crippen LogP contribution in [0.15, 0.2) is 78.3 Å². The number of nitrogen functional groups attached to an aromatic ring is 1. The summed E-state index contributed by atoms with van der Waals surface area (Å²) in [7, 11) is 0. The fourth-order valence-electron chi connectivity index (χ4n) is 3.68. The quantitative estimate of drug-likeness (QED) is 0.193. The highest BCUT2D eigenvalue weighted by Crippen LogP contribution is 2.24. The van der Waals surface area contributed by atoms with E-state index in [0.29, 0.717) is 29.3 Å². The third-order valence-corrected chi connectivity index (χ3v) is 5.40. The molecule has 172 valence electrons. The van der Waals surface area contributed by atoms with E-state index >= 15 is 0 Å². The van der Waals surface area contributed by atoms with Crippen molar-refractivity contribution in [3.8, 4) is 0 Å². The molecule has 0 saturated heterocycles. The van der Waals surface area contributed by atoms with Gasteiger partial charge in [-0.3, -0.25) is 4.99 Å². The minimum Gasteiger partial charge on any atom is -0.398 e. The average Bonchev–Trinajstić information content (AvgIpc) is 2.82. The molecule has 3 aromatic rings. The van der Waals surface area contributed by atoms with Crippen molar-refractivity contribution < 1.29 is 4.39 Å². The van der Waals surface area contributed by atoms with E-state index in [4.69, 9.17) is 10.7 Å². The SMILES string of the molecule is C=C(NC(=NCc1ccccc1CCC)c1ccccc1N)c1cc(F)ccc1NCCC. The van der Waals surface area contributed by atoms with Gasteiger partial charge in [-0.25, -0.2) is 4.39 Å². The van der Waals surface area contributed by atoms with E-state index in [9.17, 15) is 4.39 Å². The highest BCUT2D eigenvalue weighted by Gasteiger charge is 2.13. The van der Waals surface area contributed by atoms with Crippen LogP contribution in [0.25, 0.3) is 5.70 Å². The van der Waals surface area contributed by atoms with Crippen molar-refractivity contribution >= 4 is 22.9 Å². The number of nitrogens with zero attached hydrogens (tertiary/aromatic N) is 1. The predicted octanol–water partition coefficient (Wildman–Crippen LogP) is 6.39. The van der Waals surface area contributed by atoms with Gasteiger partial charge >= 0.3 is 0 Å². The predicted molar refractivity (Wildman–Crippen MR) is 139 cm³/mol. The van der Waals surface area contributed by atoms with Gasteiger partial charge in [0.2, 0.25) is 0 Å². The molecule has 0 aliphatic heterocycles. The van der Waals surface area contributed by atoms with E-state index in [0.717, 1.165) is 37.1 Å². The molecule has 3 aromatic carbocycles. The lowest BCUT2D eigenvalue weighted by molar-refractivity contribution is 0.627. The molecule has 0 aliphatic carbocycles. The summed E-state index contributed by atoms with van der Waals surface area (Å²) in [6.07, 6.45) is 3.03. The fourth-order valence-corrected chi connectivity index (χ4v) is 3.68. The number of rotatable bonds is 10. The standard InChI is InChI=1S/C28H33FN4/c1-4-10-21-11-6-7-12-22(21)19-32-28(24-13-8-9-14-26(24)30)33-20(3)25-18-23(29)15-16-27(25)31-17-5-2/h6-9,11-16,18,31H,3-5,10,17,19,30H2,1-2H3,(H,32,33). The van der Waals surface area contributed by atoms with E-state index in [-0.39, 0.29) is 5.82 Å². The molecule has 0 aromatic heterocycles. The van der Waals surface area contributed by atoms with Gasteiger partial charge in [-0.05, 0) is 54.3 Å². The van der Waals surface area contributed by atoms with Gasteiger partial charge in [-0.2, -0.15) is 0 Å². The molecule has 4 N–H and O–H groups in total. The molecule has 0 radical (unpaired) electrons. The van der Waals surface area contributed by atoms with Gasteiger partial charge in [0.15, 0.2) is 0 Å². The number of amidine groups is 1. The Morgan fingerprint density at radius 3 is 2.39 bits per heavy atom. The van der Waals surface area contributed by atoms with Crippen LogP contribution in [0, 0.1) is 5.82 Å². The Bertz CT molecular complexity index is 1120. The van der Waals surface area contributed by atoms with Gasteiger partial charge in [0.05, 0.1) is 6.54 Å². The van der Waals surface area contributed by atoms with Crippen LogP contribution in [0.2, 0.25) is 0 Å². The summed E-state index contributed by atoms with van der Waals surface area (Å²) < 4.78 is 14.1. The number of anilines is 2. The maximum absolute atomic E-state index is 14.1. The van der Waals surface area contributed by atoms with Crippen LogP contribution in [-0.2, 0) is 13.0 Å². The molecule has 33 heavy (non-hydrogen) atoms. The number of aryl methyl sites for hydroxylation is 1. The number of benzene rings is 3. The van der Waals surface area contributed by atoms with Gasteiger partial charge < -0.3 is 16.4 Å². The Balaban J connectivity index is 1.95. The van der Waals surface area contributed by atoms with Crippen LogP contribution in [0.3, 0.4) is 0 Å². The monoisotopic (exact) mass is 444 g/mol. The lowest BCUT2D eigenvalue weighted by Crippen LogP contribution is -2.24. The molecule has 0 unspecified atom stereocenters. The van der Waals surface area contributed by atoms with Gasteiger partial charge in [0.25, 0.3) is 0 Å². The summed E-state index contributed by atoms with van der Waals surface area (Å²) in [5.74, 6) is 0.288. The Morgan fingerprint density at radius 1 is 0.939 bits per heavy atom. The lowest BCUT2D eigenvalue weighted by Gasteiger charge is -2.18. The van der Waals surface area contributed by atoms with E-state index in [1.165, 1.54) is 23.3 Å². The van der Waals surface area contributed by atoms with Crippen LogP contribution in [0.5, 0.6) is 0 Å². The van der Waals surface area contributed by atoms with Crippen molar-refractivity contribution in [1.82, 2.24) is 5.32 Å². The van der Waals surface area contributed by atoms with Crippen LogP contribution in [-0.4, -0.2) is 12.4 Å². The third-order valence-electron chi connectivity index (χ3n) is 5.40. The van der Waals surface area contributed by atoms with Gasteiger partial charge in [0, 0.05) is 34.7 Å². The molecule has 0 saturated carbocycles. The minimum atomic E-state index is -0.318. The highest BCUT2D eigenvalue weighted by atomic mass is 19.1. The van der Waals surface area contributed by atoms with Crippen molar-refractivity contribution in [2.24, 2.45) is 4.99 Å². The van der Waals surface area contributed by atoms with Crippen LogP contribution < -0.4 is 16.4 Å². The van der Waals surface area contributed by atoms with Crippen LogP contribution in [0.1, 0.15) is 48.9 Å². The summed E-state index contributed by atoms with van der Waals surface area (Å²) in [5.41, 5.74) is 12.2. The summed E-state index contributed by atoms with van der Waals surface area (Å²) in [6.45, 7) is 9.74. The second kappa shape index (κ2) is 11.9. The first-order chi connectivity index (χ1) is 16.0. The molecule has 0 fully saturated rings. The van der Waals surface area contributed by atoms with Crippen molar-refractivity contribution in [3.05, 3.63) is 101 Å². The largest absolute Gasteiger partial charge is 0.398 e. The number of para-hydroxylation sites is 1. The molecule has 3 rings (SSSR count). The molecule has 0 amide bonds. The normalized spacial score (nSPS) is 11.3. The van der Waals surface area contributed by atoms with Crippen molar-refractivity contribution in [2.75, 3.05) is 17.6 Å². The number of halogens is 1. The third kappa shape index (κ3) is 6.45. The molecule has 0 heterocycles. The van der Waals surface area contributed by atoms with Gasteiger partial charge in [0.1, 0.15) is 11.7 Å². The highest BCUT2D eigenvalue weighted by molar-refractivity contribution is 6.07. The summed E-state index contributed by atoms with van der Waals surface area (Å²) in [5, 5.41) is 6.67. The summed E-state index contributed by atoms with van der Waals surface area (Å²) in [6, 6.07) is 20.6. The lowest BCUT2D eigenvalue weighted by atomic mass is 10.0. The molecule has 5 heteroatoms. The Morgan fingerprint density at radius 2 is 1.67 bits per heavy atom. The molecule has 4 nitrogen and oxygen atoms in total. The number of aliphatic imine (C=N–C) groups is 1. The van der Waals surface area contributed by atoms with E-state index < -0.39 is 0 Å². The van der Waals surface area contributed by atoms with Crippen LogP contribution >= 0.6 is 0 Å². The number of nitrogens with one attached hydrogen (secondary N) is 2. The molecular weight excluding hydrogens is 411 g/mol. The average molecular weight is 445 g/mol. The second-order valence-corrected chi connectivity index (χ2v) is 7.99. The first-order valence-electron chi connectivity index (χ1n) is 11.5. The number of nitrogens with two attached hydrogens (primary N) is 1. The maximum Gasteiger partial charge on any atom is 0.135 e. The van der Waals surface area contributed by atoms with Crippen LogP contribution in [0.4, 0.5) is 15.8 Å². The zero-order valence-corrected chi connectivity index (χ0v) is 19.5. The molecule has 0 bridgehead atoms. The van der Waals surface area contributed by atoms with Crippen molar-refractivity contribution in [3.63, 3.8) is 0 Å². The fraction of sp³-hybridized carbons (Fsp3) is 0.250. The zero-order valence-electron chi connectivity index (χ0n) is 19.5.